The van der Waals surface area contributed by atoms with Crippen molar-refractivity contribution < 1.29 is 15.0 Å². The molecule has 0 bridgehead atoms. The number of carboxylic acids is 1. The average molecular weight is 353 g/mol. The third kappa shape index (κ3) is 4.34. The number of anilines is 1. The number of aliphatic hydroxyl groups is 1. The van der Waals surface area contributed by atoms with Crippen molar-refractivity contribution in [2.24, 2.45) is 10.2 Å². The van der Waals surface area contributed by atoms with Gasteiger partial charge in [0.1, 0.15) is 6.61 Å². The van der Waals surface area contributed by atoms with Crippen LogP contribution in [0.25, 0.3) is 0 Å². The van der Waals surface area contributed by atoms with E-state index in [1.165, 1.54) is 11.3 Å². The molecule has 2 aromatic rings. The van der Waals surface area contributed by atoms with Crippen LogP contribution in [-0.2, 0) is 10.2 Å². The largest absolute Gasteiger partial charge is 0.480 e. The summed E-state index contributed by atoms with van der Waals surface area (Å²) in [6.07, 6.45) is 1.87. The van der Waals surface area contributed by atoms with E-state index in [4.69, 9.17) is 15.0 Å². The van der Waals surface area contributed by atoms with Crippen molar-refractivity contribution in [2.75, 3.05) is 18.6 Å². The van der Waals surface area contributed by atoms with E-state index in [-0.39, 0.29) is 5.41 Å². The van der Waals surface area contributed by atoms with Crippen molar-refractivity contribution in [3.05, 3.63) is 72.1 Å². The second-order valence-corrected chi connectivity index (χ2v) is 6.32. The lowest BCUT2D eigenvalue weighted by Gasteiger charge is -2.22. The first-order valence-electron chi connectivity index (χ1n) is 8.20. The minimum absolute atomic E-state index is 0.0545. The third-order valence-corrected chi connectivity index (χ3v) is 4.19. The van der Waals surface area contributed by atoms with Gasteiger partial charge in [-0.1, -0.05) is 50.2 Å². The molecule has 2 aromatic carbocycles. The van der Waals surface area contributed by atoms with E-state index < -0.39 is 12.6 Å². The van der Waals surface area contributed by atoms with Crippen LogP contribution >= 0.6 is 0 Å². The first kappa shape index (κ1) is 19.3. The Morgan fingerprint density at radius 3 is 2.27 bits per heavy atom. The number of allylic oxidation sites excluding steroid dienone is 1. The zero-order valence-corrected chi connectivity index (χ0v) is 15.1. The van der Waals surface area contributed by atoms with Gasteiger partial charge in [-0.2, -0.15) is 10.2 Å². The average Bonchev–Trinajstić information content (AvgIpc) is 2.84. The number of aliphatic carboxylic acids is 1. The molecule has 1 aliphatic rings. The summed E-state index contributed by atoms with van der Waals surface area (Å²) in [6, 6.07) is 18.3. The quantitative estimate of drug-likeness (QED) is 0.814. The van der Waals surface area contributed by atoms with Gasteiger partial charge in [-0.15, -0.1) is 0 Å². The molecule has 26 heavy (non-hydrogen) atoms. The number of para-hydroxylation sites is 1. The number of carboxylic acid groups (broad SMARTS) is 1. The second-order valence-electron chi connectivity index (χ2n) is 6.32. The highest BCUT2D eigenvalue weighted by Gasteiger charge is 2.38. The molecule has 0 saturated heterocycles. The van der Waals surface area contributed by atoms with Crippen molar-refractivity contribution >= 4 is 17.3 Å². The Morgan fingerprint density at radius 1 is 1.12 bits per heavy atom. The number of hydrogen-bond acceptors (Lipinski definition) is 5. The molecule has 136 valence electrons. The van der Waals surface area contributed by atoms with Crippen LogP contribution in [0.1, 0.15) is 19.4 Å². The van der Waals surface area contributed by atoms with E-state index in [0.29, 0.717) is 0 Å². The maximum Gasteiger partial charge on any atom is 0.329 e. The highest BCUT2D eigenvalue weighted by Crippen LogP contribution is 2.46. The van der Waals surface area contributed by atoms with Gasteiger partial charge in [0.15, 0.2) is 0 Å². The molecule has 3 rings (SSSR count). The van der Waals surface area contributed by atoms with Crippen LogP contribution in [0.3, 0.4) is 0 Å². The number of nitrogens with zero attached hydrogens (tertiary/aromatic N) is 3. The molecule has 2 N–H and O–H groups in total. The number of aliphatic hydroxyl groups excluding tert-OH is 1. The van der Waals surface area contributed by atoms with Crippen molar-refractivity contribution in [1.82, 2.24) is 0 Å². The van der Waals surface area contributed by atoms with Crippen LogP contribution < -0.4 is 4.90 Å². The van der Waals surface area contributed by atoms with E-state index >= 15 is 0 Å². The highest BCUT2D eigenvalue weighted by molar-refractivity contribution is 5.69. The standard InChI is InChI=1S/C18H19N3.C2H4O3/c1-18(2)15-11-7-8-12-16(15)21(3)17(18)13-19-20-14-9-5-4-6-10-14;3-1-2(4)5/h4-13H,1-3H3;3H,1H2,(H,4,5). The van der Waals surface area contributed by atoms with Gasteiger partial charge in [0.05, 0.1) is 11.9 Å². The lowest BCUT2D eigenvalue weighted by molar-refractivity contribution is -0.140. The molecular weight excluding hydrogens is 330 g/mol. The van der Waals surface area contributed by atoms with Gasteiger partial charge in [-0.05, 0) is 23.8 Å². The molecule has 0 aromatic heterocycles. The summed E-state index contributed by atoms with van der Waals surface area (Å²) in [6.45, 7) is 3.67. The summed E-state index contributed by atoms with van der Waals surface area (Å²) < 4.78 is 0. The molecule has 0 saturated carbocycles. The van der Waals surface area contributed by atoms with Crippen molar-refractivity contribution in [3.8, 4) is 0 Å². The SMILES string of the molecule is CN1C(=CN=Nc2ccccc2)C(C)(C)c2ccccc21.O=C(O)CO. The Kier molecular flexibility index (Phi) is 6.25. The lowest BCUT2D eigenvalue weighted by atomic mass is 9.84. The van der Waals surface area contributed by atoms with Gasteiger partial charge in [-0.25, -0.2) is 4.79 Å². The maximum atomic E-state index is 9.12. The molecule has 0 amide bonds. The minimum atomic E-state index is -1.19. The number of likely N-dealkylation sites (N-methyl/N-ethyl adjacent to an activating group) is 1. The highest BCUT2D eigenvalue weighted by atomic mass is 16.4. The number of carbonyl (C=O) groups is 1. The topological polar surface area (TPSA) is 85.5 Å². The lowest BCUT2D eigenvalue weighted by Crippen LogP contribution is -2.22. The third-order valence-electron chi connectivity index (χ3n) is 4.19. The molecule has 1 aliphatic heterocycles. The number of hydrogen-bond donors (Lipinski definition) is 2. The molecule has 0 spiro atoms. The fourth-order valence-corrected chi connectivity index (χ4v) is 2.87. The Hall–Kier alpha value is -2.99. The van der Waals surface area contributed by atoms with Crippen LogP contribution in [0.5, 0.6) is 0 Å². The minimum Gasteiger partial charge on any atom is -0.480 e. The fraction of sp³-hybridized carbons (Fsp3) is 0.250. The summed E-state index contributed by atoms with van der Waals surface area (Å²) in [5, 5.41) is 23.5. The van der Waals surface area contributed by atoms with E-state index in [9.17, 15) is 0 Å². The summed E-state index contributed by atoms with van der Waals surface area (Å²) in [4.78, 5) is 11.3. The van der Waals surface area contributed by atoms with E-state index in [0.717, 1.165) is 11.4 Å². The van der Waals surface area contributed by atoms with Gasteiger partial charge in [-0.3, -0.25) is 0 Å². The Balaban J connectivity index is 0.000000431. The van der Waals surface area contributed by atoms with Crippen molar-refractivity contribution in [3.63, 3.8) is 0 Å². The molecule has 0 radical (unpaired) electrons. The summed E-state index contributed by atoms with van der Waals surface area (Å²) in [5.41, 5.74) is 4.53. The predicted molar refractivity (Wildman–Crippen MR) is 102 cm³/mol. The number of rotatable bonds is 3. The van der Waals surface area contributed by atoms with Gasteiger partial charge >= 0.3 is 5.97 Å². The fourth-order valence-electron chi connectivity index (χ4n) is 2.87. The zero-order chi connectivity index (χ0) is 19.2. The van der Waals surface area contributed by atoms with Crippen LogP contribution in [0.2, 0.25) is 0 Å². The van der Waals surface area contributed by atoms with Crippen LogP contribution in [0.4, 0.5) is 11.4 Å². The van der Waals surface area contributed by atoms with E-state index in [1.54, 1.807) is 0 Å². The first-order valence-corrected chi connectivity index (χ1v) is 8.20. The Labute approximate surface area is 153 Å². The van der Waals surface area contributed by atoms with Gasteiger partial charge in [0.2, 0.25) is 0 Å². The Bertz CT molecular complexity index is 814. The molecule has 0 atom stereocenters. The zero-order valence-electron chi connectivity index (χ0n) is 15.1. The summed E-state index contributed by atoms with van der Waals surface area (Å²) in [5.74, 6) is -1.19. The van der Waals surface area contributed by atoms with Crippen LogP contribution in [0.15, 0.2) is 76.7 Å². The van der Waals surface area contributed by atoms with Crippen molar-refractivity contribution in [2.45, 2.75) is 19.3 Å². The summed E-state index contributed by atoms with van der Waals surface area (Å²) >= 11 is 0. The van der Waals surface area contributed by atoms with Crippen LogP contribution in [-0.4, -0.2) is 29.8 Å². The molecule has 0 unspecified atom stereocenters. The number of benzene rings is 2. The first-order chi connectivity index (χ1) is 12.4. The Morgan fingerprint density at radius 2 is 1.69 bits per heavy atom. The molecule has 6 heteroatoms. The maximum absolute atomic E-state index is 9.12. The molecule has 6 nitrogen and oxygen atoms in total. The van der Waals surface area contributed by atoms with E-state index in [2.05, 4.69) is 60.3 Å². The smallest absolute Gasteiger partial charge is 0.329 e. The molecular formula is C20H23N3O3. The second kappa shape index (κ2) is 8.40. The van der Waals surface area contributed by atoms with Gasteiger partial charge < -0.3 is 15.1 Å². The van der Waals surface area contributed by atoms with Crippen molar-refractivity contribution in [1.29, 1.82) is 0 Å². The van der Waals surface area contributed by atoms with E-state index in [1.807, 2.05) is 36.5 Å². The predicted octanol–water partition coefficient (Wildman–Crippen LogP) is 4.10. The number of fused-ring (bicyclic) bond motifs is 1. The summed E-state index contributed by atoms with van der Waals surface area (Å²) in [7, 11) is 2.08. The molecule has 1 heterocycles. The van der Waals surface area contributed by atoms with Gasteiger partial charge in [0, 0.05) is 23.8 Å². The molecule has 0 aliphatic carbocycles. The van der Waals surface area contributed by atoms with Gasteiger partial charge in [0.25, 0.3) is 0 Å². The molecule has 0 fully saturated rings. The normalized spacial score (nSPS) is 16.3. The monoisotopic (exact) mass is 353 g/mol. The number of azo groups is 1. The van der Waals surface area contributed by atoms with Crippen LogP contribution in [0, 0.1) is 0 Å².